The molecule has 1 fully saturated rings. The largest absolute Gasteiger partial charge is 0.306 e. The number of hydrogen-bond donors (Lipinski definition) is 1. The average Bonchev–Trinajstić information content (AvgIpc) is 2.26. The summed E-state index contributed by atoms with van der Waals surface area (Å²) in [5.41, 5.74) is 1.63. The zero-order chi connectivity index (χ0) is 13.9. The molecular formula is C17H28N2. The molecule has 0 bridgehead atoms. The van der Waals surface area contributed by atoms with Crippen molar-refractivity contribution in [1.29, 1.82) is 0 Å². The Morgan fingerprint density at radius 1 is 1.26 bits per heavy atom. The van der Waals surface area contributed by atoms with Gasteiger partial charge in [0.1, 0.15) is 0 Å². The summed E-state index contributed by atoms with van der Waals surface area (Å²) in [6, 6.07) is 11.4. The van der Waals surface area contributed by atoms with Gasteiger partial charge in [-0.25, -0.2) is 0 Å². The maximum atomic E-state index is 3.80. The summed E-state index contributed by atoms with van der Waals surface area (Å²) in [4.78, 5) is 2.60. The molecule has 1 N–H and O–H groups in total. The summed E-state index contributed by atoms with van der Waals surface area (Å²) in [5, 5.41) is 3.80. The van der Waals surface area contributed by atoms with Crippen LogP contribution in [0.4, 0.5) is 0 Å². The van der Waals surface area contributed by atoms with E-state index in [1.54, 1.807) is 0 Å². The van der Waals surface area contributed by atoms with Crippen molar-refractivity contribution in [3.8, 4) is 0 Å². The van der Waals surface area contributed by atoms with Crippen LogP contribution in [0, 0.1) is 5.92 Å². The van der Waals surface area contributed by atoms with Crippen LogP contribution in [0.25, 0.3) is 0 Å². The smallest absolute Gasteiger partial charge is 0.0255 e. The molecule has 0 spiro atoms. The second kappa shape index (κ2) is 6.06. The molecule has 0 radical (unpaired) electrons. The Morgan fingerprint density at radius 3 is 2.58 bits per heavy atom. The van der Waals surface area contributed by atoms with E-state index in [-0.39, 0.29) is 5.54 Å². The van der Waals surface area contributed by atoms with E-state index in [1.807, 2.05) is 0 Å². The fraction of sp³-hybridized carbons (Fsp3) is 0.647. The van der Waals surface area contributed by atoms with Crippen molar-refractivity contribution in [3.63, 3.8) is 0 Å². The van der Waals surface area contributed by atoms with Crippen molar-refractivity contribution in [3.05, 3.63) is 35.9 Å². The van der Waals surface area contributed by atoms with Crippen molar-refractivity contribution < 1.29 is 0 Å². The average molecular weight is 260 g/mol. The van der Waals surface area contributed by atoms with Crippen LogP contribution in [0.1, 0.15) is 39.7 Å². The molecule has 1 aliphatic heterocycles. The van der Waals surface area contributed by atoms with Gasteiger partial charge >= 0.3 is 0 Å². The van der Waals surface area contributed by atoms with Crippen molar-refractivity contribution in [2.75, 3.05) is 13.1 Å². The van der Waals surface area contributed by atoms with Crippen LogP contribution in [0.15, 0.2) is 30.3 Å². The van der Waals surface area contributed by atoms with Crippen LogP contribution < -0.4 is 5.32 Å². The van der Waals surface area contributed by atoms with E-state index < -0.39 is 0 Å². The third kappa shape index (κ3) is 4.63. The van der Waals surface area contributed by atoms with Crippen molar-refractivity contribution >= 4 is 0 Å². The highest BCUT2D eigenvalue weighted by molar-refractivity contribution is 5.15. The standard InChI is InChI=1S/C17H28N2/c1-14(2)10-16-12-19(13-17(3,4)18-16)11-15-8-6-5-7-9-15/h5-9,14,16,18H,10-13H2,1-4H3. The Hall–Kier alpha value is -0.860. The molecule has 1 unspecified atom stereocenters. The molecule has 2 rings (SSSR count). The number of hydrogen-bond acceptors (Lipinski definition) is 2. The van der Waals surface area contributed by atoms with Gasteiger partial charge in [-0.3, -0.25) is 4.90 Å². The third-order valence-corrected chi connectivity index (χ3v) is 3.70. The van der Waals surface area contributed by atoms with Gasteiger partial charge in [0, 0.05) is 31.2 Å². The second-order valence-corrected chi connectivity index (χ2v) is 7.01. The van der Waals surface area contributed by atoms with E-state index in [4.69, 9.17) is 0 Å². The molecule has 1 saturated heterocycles. The lowest BCUT2D eigenvalue weighted by atomic mass is 9.93. The molecular weight excluding hydrogens is 232 g/mol. The fourth-order valence-corrected chi connectivity index (χ4v) is 3.24. The minimum Gasteiger partial charge on any atom is -0.306 e. The first-order chi connectivity index (χ1) is 8.94. The molecule has 1 aromatic carbocycles. The van der Waals surface area contributed by atoms with Gasteiger partial charge in [0.15, 0.2) is 0 Å². The highest BCUT2D eigenvalue weighted by atomic mass is 15.2. The molecule has 106 valence electrons. The van der Waals surface area contributed by atoms with Gasteiger partial charge < -0.3 is 5.32 Å². The van der Waals surface area contributed by atoms with E-state index >= 15 is 0 Å². The summed E-state index contributed by atoms with van der Waals surface area (Å²) in [7, 11) is 0. The Morgan fingerprint density at radius 2 is 1.95 bits per heavy atom. The first-order valence-electron chi connectivity index (χ1n) is 7.48. The highest BCUT2D eigenvalue weighted by Gasteiger charge is 2.31. The van der Waals surface area contributed by atoms with Gasteiger partial charge in [0.05, 0.1) is 0 Å². The van der Waals surface area contributed by atoms with Gasteiger partial charge in [-0.2, -0.15) is 0 Å². The number of benzene rings is 1. The van der Waals surface area contributed by atoms with Gasteiger partial charge in [0.25, 0.3) is 0 Å². The van der Waals surface area contributed by atoms with E-state index in [9.17, 15) is 0 Å². The van der Waals surface area contributed by atoms with Gasteiger partial charge in [-0.05, 0) is 31.7 Å². The van der Waals surface area contributed by atoms with Crippen LogP contribution in [-0.4, -0.2) is 29.6 Å². The van der Waals surface area contributed by atoms with Crippen LogP contribution in [-0.2, 0) is 6.54 Å². The fourth-order valence-electron chi connectivity index (χ4n) is 3.24. The topological polar surface area (TPSA) is 15.3 Å². The highest BCUT2D eigenvalue weighted by Crippen LogP contribution is 2.20. The van der Waals surface area contributed by atoms with Crippen LogP contribution in [0.5, 0.6) is 0 Å². The van der Waals surface area contributed by atoms with Crippen LogP contribution >= 0.6 is 0 Å². The molecule has 2 nitrogen and oxygen atoms in total. The summed E-state index contributed by atoms with van der Waals surface area (Å²) in [5.74, 6) is 0.755. The Bertz CT molecular complexity index is 384. The number of piperazine rings is 1. The number of rotatable bonds is 4. The Balaban J connectivity index is 2.00. The normalized spacial score (nSPS) is 23.7. The lowest BCUT2D eigenvalue weighted by Crippen LogP contribution is -2.61. The van der Waals surface area contributed by atoms with E-state index in [2.05, 4.69) is 68.2 Å². The molecule has 2 heteroatoms. The second-order valence-electron chi connectivity index (χ2n) is 7.01. The first-order valence-corrected chi connectivity index (χ1v) is 7.48. The maximum Gasteiger partial charge on any atom is 0.0255 e. The summed E-state index contributed by atoms with van der Waals surface area (Å²) < 4.78 is 0. The minimum atomic E-state index is 0.215. The maximum absolute atomic E-state index is 3.80. The van der Waals surface area contributed by atoms with Gasteiger partial charge in [0.2, 0.25) is 0 Å². The summed E-state index contributed by atoms with van der Waals surface area (Å²) in [6.07, 6.45) is 1.26. The molecule has 0 saturated carbocycles. The van der Waals surface area contributed by atoms with Crippen LogP contribution in [0.3, 0.4) is 0 Å². The Kier molecular flexibility index (Phi) is 4.64. The first kappa shape index (κ1) is 14.5. The Labute approximate surface area is 118 Å². The molecule has 19 heavy (non-hydrogen) atoms. The minimum absolute atomic E-state index is 0.215. The van der Waals surface area contributed by atoms with Crippen molar-refractivity contribution in [2.24, 2.45) is 5.92 Å². The summed E-state index contributed by atoms with van der Waals surface area (Å²) in [6.45, 7) is 12.6. The predicted octanol–water partition coefficient (Wildman–Crippen LogP) is 3.29. The molecule has 1 aromatic rings. The predicted molar refractivity (Wildman–Crippen MR) is 82.2 cm³/mol. The van der Waals surface area contributed by atoms with Crippen LogP contribution in [0.2, 0.25) is 0 Å². The molecule has 1 aliphatic rings. The van der Waals surface area contributed by atoms with E-state index in [0.717, 1.165) is 25.6 Å². The van der Waals surface area contributed by atoms with Gasteiger partial charge in [-0.15, -0.1) is 0 Å². The quantitative estimate of drug-likeness (QED) is 0.893. The van der Waals surface area contributed by atoms with Crippen molar-refractivity contribution in [2.45, 2.75) is 52.2 Å². The molecule has 1 heterocycles. The zero-order valence-corrected chi connectivity index (χ0v) is 12.8. The monoisotopic (exact) mass is 260 g/mol. The van der Waals surface area contributed by atoms with E-state index in [1.165, 1.54) is 12.0 Å². The van der Waals surface area contributed by atoms with Crippen molar-refractivity contribution in [1.82, 2.24) is 10.2 Å². The van der Waals surface area contributed by atoms with Gasteiger partial charge in [-0.1, -0.05) is 44.2 Å². The molecule has 0 aliphatic carbocycles. The SMILES string of the molecule is CC(C)CC1CN(Cc2ccccc2)CC(C)(C)N1. The summed E-state index contributed by atoms with van der Waals surface area (Å²) >= 11 is 0. The number of nitrogens with one attached hydrogen (secondary N) is 1. The lowest BCUT2D eigenvalue weighted by molar-refractivity contribution is 0.102. The van der Waals surface area contributed by atoms with E-state index in [0.29, 0.717) is 6.04 Å². The third-order valence-electron chi connectivity index (χ3n) is 3.70. The molecule has 0 aromatic heterocycles. The molecule has 0 amide bonds. The number of nitrogens with zero attached hydrogens (tertiary/aromatic N) is 1. The molecule has 1 atom stereocenters. The lowest BCUT2D eigenvalue weighted by Gasteiger charge is -2.44. The zero-order valence-electron chi connectivity index (χ0n) is 12.8.